The minimum atomic E-state index is -0.262. The molecule has 1 unspecified atom stereocenters. The molecule has 2 amide bonds. The Morgan fingerprint density at radius 2 is 1.93 bits per heavy atom. The van der Waals surface area contributed by atoms with E-state index in [2.05, 4.69) is 10.6 Å². The van der Waals surface area contributed by atoms with Crippen molar-refractivity contribution in [2.45, 2.75) is 25.9 Å². The summed E-state index contributed by atoms with van der Waals surface area (Å²) < 4.78 is 10.8. The third kappa shape index (κ3) is 8.37. The predicted octanol–water partition coefficient (Wildman–Crippen LogP) is 3.08. The summed E-state index contributed by atoms with van der Waals surface area (Å²) in [5.74, 6) is 0.246. The highest BCUT2D eigenvalue weighted by molar-refractivity contribution is 5.91. The molecule has 0 radical (unpaired) electrons. The minimum absolute atomic E-state index is 0.0337. The molecule has 0 aliphatic carbocycles. The first-order chi connectivity index (χ1) is 13.1. The lowest BCUT2D eigenvalue weighted by Gasteiger charge is -2.13. The predicted molar refractivity (Wildman–Crippen MR) is 104 cm³/mol. The first-order valence-corrected chi connectivity index (χ1v) is 9.08. The molecule has 0 aliphatic rings. The number of carbonyl (C=O) groups is 2. The van der Waals surface area contributed by atoms with Crippen LogP contribution in [0.25, 0.3) is 6.08 Å². The van der Waals surface area contributed by atoms with Crippen molar-refractivity contribution in [2.24, 2.45) is 0 Å². The number of furan rings is 1. The van der Waals surface area contributed by atoms with Gasteiger partial charge in [-0.2, -0.15) is 0 Å². The van der Waals surface area contributed by atoms with Crippen LogP contribution in [0.5, 0.6) is 0 Å². The van der Waals surface area contributed by atoms with Gasteiger partial charge in [0.1, 0.15) is 5.76 Å². The summed E-state index contributed by atoms with van der Waals surface area (Å²) in [7, 11) is 0. The van der Waals surface area contributed by atoms with Gasteiger partial charge < -0.3 is 19.8 Å². The molecule has 144 valence electrons. The van der Waals surface area contributed by atoms with Crippen LogP contribution in [0.3, 0.4) is 0 Å². The molecule has 0 saturated heterocycles. The Labute approximate surface area is 159 Å². The molecule has 6 nitrogen and oxygen atoms in total. The second-order valence-electron chi connectivity index (χ2n) is 6.02. The van der Waals surface area contributed by atoms with Crippen LogP contribution in [0, 0.1) is 0 Å². The van der Waals surface area contributed by atoms with E-state index < -0.39 is 0 Å². The van der Waals surface area contributed by atoms with Gasteiger partial charge in [0.05, 0.1) is 12.4 Å². The molecule has 6 heteroatoms. The van der Waals surface area contributed by atoms with Crippen molar-refractivity contribution in [1.82, 2.24) is 10.6 Å². The first-order valence-electron chi connectivity index (χ1n) is 9.08. The number of benzene rings is 1. The maximum atomic E-state index is 11.8. The van der Waals surface area contributed by atoms with Crippen molar-refractivity contribution < 1.29 is 18.7 Å². The van der Waals surface area contributed by atoms with Crippen molar-refractivity contribution in [3.05, 3.63) is 66.1 Å². The van der Waals surface area contributed by atoms with E-state index in [-0.39, 0.29) is 30.9 Å². The topological polar surface area (TPSA) is 80.6 Å². The summed E-state index contributed by atoms with van der Waals surface area (Å²) >= 11 is 0. The zero-order chi connectivity index (χ0) is 19.3. The zero-order valence-corrected chi connectivity index (χ0v) is 15.5. The highest BCUT2D eigenvalue weighted by Gasteiger charge is 2.05. The van der Waals surface area contributed by atoms with Crippen LogP contribution in [0.1, 0.15) is 37.2 Å². The standard InChI is InChI=1S/C21H26N2O4/c1-17(18-7-3-2-4-8-18)26-16-6-13-22-21(25)12-14-23-20(24)11-10-19-9-5-15-27-19/h2-5,7-11,15,17H,6,12-14,16H2,1H3,(H,22,25)(H,23,24)/b11-10+. The Kier molecular flexibility index (Phi) is 8.86. The highest BCUT2D eigenvalue weighted by atomic mass is 16.5. The molecule has 0 aliphatic heterocycles. The largest absolute Gasteiger partial charge is 0.465 e. The average molecular weight is 370 g/mol. The second kappa shape index (κ2) is 11.7. The summed E-state index contributed by atoms with van der Waals surface area (Å²) in [4.78, 5) is 23.4. The summed E-state index contributed by atoms with van der Waals surface area (Å²) in [5, 5.41) is 5.48. The van der Waals surface area contributed by atoms with Crippen LogP contribution in [0.2, 0.25) is 0 Å². The van der Waals surface area contributed by atoms with Crippen LogP contribution in [-0.2, 0) is 14.3 Å². The van der Waals surface area contributed by atoms with Crippen LogP contribution in [-0.4, -0.2) is 31.5 Å². The van der Waals surface area contributed by atoms with Gasteiger partial charge >= 0.3 is 0 Å². The third-order valence-corrected chi connectivity index (χ3v) is 3.87. The van der Waals surface area contributed by atoms with Crippen LogP contribution < -0.4 is 10.6 Å². The van der Waals surface area contributed by atoms with Gasteiger partial charge in [-0.3, -0.25) is 9.59 Å². The Morgan fingerprint density at radius 1 is 1.11 bits per heavy atom. The van der Waals surface area contributed by atoms with Crippen LogP contribution >= 0.6 is 0 Å². The van der Waals surface area contributed by atoms with Crippen molar-refractivity contribution in [2.75, 3.05) is 19.7 Å². The molecular weight excluding hydrogens is 344 g/mol. The Balaban J connectivity index is 1.49. The van der Waals surface area contributed by atoms with Gasteiger partial charge in [0.15, 0.2) is 0 Å². The fraction of sp³-hybridized carbons (Fsp3) is 0.333. The number of hydrogen-bond acceptors (Lipinski definition) is 4. The molecule has 0 spiro atoms. The van der Waals surface area contributed by atoms with Gasteiger partial charge in [-0.05, 0) is 37.1 Å². The van der Waals surface area contributed by atoms with Gasteiger partial charge in [-0.15, -0.1) is 0 Å². The quantitative estimate of drug-likeness (QED) is 0.470. The van der Waals surface area contributed by atoms with Gasteiger partial charge in [0.2, 0.25) is 11.8 Å². The molecule has 0 bridgehead atoms. The third-order valence-electron chi connectivity index (χ3n) is 3.87. The van der Waals surface area contributed by atoms with Crippen molar-refractivity contribution in [3.8, 4) is 0 Å². The van der Waals surface area contributed by atoms with Crippen LogP contribution in [0.4, 0.5) is 0 Å². The van der Waals surface area contributed by atoms with Gasteiger partial charge in [-0.25, -0.2) is 0 Å². The SMILES string of the molecule is CC(OCCCNC(=O)CCNC(=O)/C=C/c1ccco1)c1ccccc1. The van der Waals surface area contributed by atoms with Crippen molar-refractivity contribution >= 4 is 17.9 Å². The van der Waals surface area contributed by atoms with E-state index in [4.69, 9.17) is 9.15 Å². The molecular formula is C21H26N2O4. The number of carbonyl (C=O) groups excluding carboxylic acids is 2. The molecule has 1 aromatic carbocycles. The monoisotopic (exact) mass is 370 g/mol. The van der Waals surface area contributed by atoms with E-state index in [1.54, 1.807) is 18.2 Å². The maximum Gasteiger partial charge on any atom is 0.244 e. The van der Waals surface area contributed by atoms with E-state index in [1.807, 2.05) is 37.3 Å². The van der Waals surface area contributed by atoms with Gasteiger partial charge in [0.25, 0.3) is 0 Å². The van der Waals surface area contributed by atoms with Gasteiger partial charge in [-0.1, -0.05) is 30.3 Å². The molecule has 0 fully saturated rings. The Bertz CT molecular complexity index is 711. The van der Waals surface area contributed by atoms with E-state index in [1.165, 1.54) is 12.3 Å². The minimum Gasteiger partial charge on any atom is -0.465 e. The van der Waals surface area contributed by atoms with E-state index in [9.17, 15) is 9.59 Å². The van der Waals surface area contributed by atoms with E-state index in [0.717, 1.165) is 12.0 Å². The number of hydrogen-bond donors (Lipinski definition) is 2. The molecule has 1 atom stereocenters. The van der Waals surface area contributed by atoms with Crippen molar-refractivity contribution in [1.29, 1.82) is 0 Å². The number of amides is 2. The summed E-state index contributed by atoms with van der Waals surface area (Å²) in [6.45, 7) is 3.42. The Morgan fingerprint density at radius 3 is 2.67 bits per heavy atom. The summed E-state index contributed by atoms with van der Waals surface area (Å²) in [6.07, 6.45) is 5.50. The molecule has 2 N–H and O–H groups in total. The molecule has 1 heterocycles. The lowest BCUT2D eigenvalue weighted by molar-refractivity contribution is -0.121. The van der Waals surface area contributed by atoms with Crippen LogP contribution in [0.15, 0.2) is 59.2 Å². The first kappa shape index (κ1) is 20.5. The Hall–Kier alpha value is -2.86. The lowest BCUT2D eigenvalue weighted by atomic mass is 10.1. The lowest BCUT2D eigenvalue weighted by Crippen LogP contribution is -2.30. The highest BCUT2D eigenvalue weighted by Crippen LogP contribution is 2.15. The number of ether oxygens (including phenoxy) is 1. The molecule has 2 rings (SSSR count). The second-order valence-corrected chi connectivity index (χ2v) is 6.02. The number of rotatable bonds is 11. The molecule has 0 saturated carbocycles. The van der Waals surface area contributed by atoms with Gasteiger partial charge in [0, 0.05) is 32.2 Å². The summed E-state index contributed by atoms with van der Waals surface area (Å²) in [5.41, 5.74) is 1.14. The van der Waals surface area contributed by atoms with Crippen molar-refractivity contribution in [3.63, 3.8) is 0 Å². The fourth-order valence-corrected chi connectivity index (χ4v) is 2.37. The molecule has 2 aromatic rings. The van der Waals surface area contributed by atoms with E-state index in [0.29, 0.717) is 18.9 Å². The average Bonchev–Trinajstić information content (AvgIpc) is 3.20. The smallest absolute Gasteiger partial charge is 0.244 e. The molecule has 27 heavy (non-hydrogen) atoms. The zero-order valence-electron chi connectivity index (χ0n) is 15.5. The fourth-order valence-electron chi connectivity index (χ4n) is 2.37. The normalized spacial score (nSPS) is 12.0. The maximum absolute atomic E-state index is 11.8. The number of nitrogens with one attached hydrogen (secondary N) is 2. The molecule has 1 aromatic heterocycles. The summed E-state index contributed by atoms with van der Waals surface area (Å²) in [6, 6.07) is 13.5. The van der Waals surface area contributed by atoms with E-state index >= 15 is 0 Å².